The molecule has 6 heteroatoms. The van der Waals surface area contributed by atoms with Gasteiger partial charge in [-0.1, -0.05) is 41.4 Å². The molecule has 17 heavy (non-hydrogen) atoms. The quantitative estimate of drug-likeness (QED) is 0.932. The number of hydrogen-bond donors (Lipinski definition) is 1. The fourth-order valence-electron chi connectivity index (χ4n) is 1.26. The summed E-state index contributed by atoms with van der Waals surface area (Å²) in [5.74, 6) is 0.800. The molecule has 0 spiro atoms. The van der Waals surface area contributed by atoms with Crippen LogP contribution in [0.2, 0.25) is 10.3 Å². The summed E-state index contributed by atoms with van der Waals surface area (Å²) in [6.45, 7) is -0.125. The van der Waals surface area contributed by atoms with E-state index in [1.54, 1.807) is 24.3 Å². The fourth-order valence-corrected chi connectivity index (χ4v) is 1.53. The zero-order valence-electron chi connectivity index (χ0n) is 8.60. The van der Waals surface area contributed by atoms with E-state index < -0.39 is 0 Å². The van der Waals surface area contributed by atoms with Crippen LogP contribution in [0.25, 0.3) is 0 Å². The average Bonchev–Trinajstić information content (AvgIpc) is 2.34. The Morgan fingerprint density at radius 2 is 1.88 bits per heavy atom. The number of rotatable bonds is 3. The molecule has 2 aromatic rings. The molecule has 0 atom stereocenters. The Balaban J connectivity index is 2.34. The van der Waals surface area contributed by atoms with Crippen molar-refractivity contribution < 1.29 is 9.84 Å². The maximum Gasteiger partial charge on any atom is 0.194 e. The van der Waals surface area contributed by atoms with Gasteiger partial charge in [0.05, 0.1) is 6.61 Å². The molecule has 88 valence electrons. The molecule has 1 heterocycles. The molecule has 0 fully saturated rings. The summed E-state index contributed by atoms with van der Waals surface area (Å²) in [6.07, 6.45) is 0. The third-order valence-corrected chi connectivity index (χ3v) is 2.50. The van der Waals surface area contributed by atoms with Crippen molar-refractivity contribution in [3.8, 4) is 11.5 Å². The predicted molar refractivity (Wildman–Crippen MR) is 64.5 cm³/mol. The Kier molecular flexibility index (Phi) is 3.78. The molecule has 0 aliphatic heterocycles. The number of aromatic nitrogens is 2. The van der Waals surface area contributed by atoms with Crippen molar-refractivity contribution in [2.24, 2.45) is 0 Å². The number of aliphatic hydroxyl groups excluding tert-OH is 1. The number of hydrogen-bond acceptors (Lipinski definition) is 4. The summed E-state index contributed by atoms with van der Waals surface area (Å²) in [6, 6.07) is 8.52. The molecular formula is C11H8Cl2N2O2. The fraction of sp³-hybridized carbons (Fsp3) is 0.0909. The Bertz CT molecular complexity index is 535. The minimum Gasteiger partial charge on any atom is -0.454 e. The van der Waals surface area contributed by atoms with Gasteiger partial charge in [-0.3, -0.25) is 0 Å². The Hall–Kier alpha value is -1.36. The molecule has 0 radical (unpaired) electrons. The van der Waals surface area contributed by atoms with Crippen LogP contribution in [0.5, 0.6) is 11.5 Å². The molecule has 0 saturated carbocycles. The largest absolute Gasteiger partial charge is 0.454 e. The predicted octanol–water partition coefficient (Wildman–Crippen LogP) is 3.07. The molecule has 0 amide bonds. The minimum absolute atomic E-state index is 0.113. The summed E-state index contributed by atoms with van der Waals surface area (Å²) in [7, 11) is 0. The standard InChI is InChI=1S/C11H8Cl2N2O2/c12-10-5-9(11(13)15-14-10)17-8-4-2-1-3-7(8)6-16/h1-5,16H,6H2. The number of benzene rings is 1. The maximum atomic E-state index is 9.15. The first-order valence-corrected chi connectivity index (χ1v) is 5.51. The van der Waals surface area contributed by atoms with Crippen LogP contribution in [0.1, 0.15) is 5.56 Å². The lowest BCUT2D eigenvalue weighted by Crippen LogP contribution is -1.94. The van der Waals surface area contributed by atoms with Gasteiger partial charge in [0.25, 0.3) is 0 Å². The van der Waals surface area contributed by atoms with Crippen molar-refractivity contribution in [2.75, 3.05) is 0 Å². The molecule has 0 aliphatic rings. The monoisotopic (exact) mass is 270 g/mol. The molecule has 2 rings (SSSR count). The number of para-hydroxylation sites is 1. The van der Waals surface area contributed by atoms with E-state index in [0.717, 1.165) is 0 Å². The maximum absolute atomic E-state index is 9.15. The van der Waals surface area contributed by atoms with Gasteiger partial charge in [0.15, 0.2) is 16.1 Å². The lowest BCUT2D eigenvalue weighted by molar-refractivity contribution is 0.276. The van der Waals surface area contributed by atoms with Crippen LogP contribution in [-0.4, -0.2) is 15.3 Å². The first-order valence-electron chi connectivity index (χ1n) is 4.76. The van der Waals surface area contributed by atoms with Crippen LogP contribution in [0, 0.1) is 0 Å². The van der Waals surface area contributed by atoms with E-state index in [9.17, 15) is 0 Å². The molecule has 1 aromatic heterocycles. The summed E-state index contributed by atoms with van der Waals surface area (Å²) < 4.78 is 5.53. The number of aliphatic hydroxyl groups is 1. The SMILES string of the molecule is OCc1ccccc1Oc1cc(Cl)nnc1Cl. The summed E-state index contributed by atoms with van der Waals surface area (Å²) in [5, 5.41) is 16.7. The van der Waals surface area contributed by atoms with E-state index in [-0.39, 0.29) is 16.9 Å². The van der Waals surface area contributed by atoms with E-state index in [1.807, 2.05) is 0 Å². The number of nitrogens with zero attached hydrogens (tertiary/aromatic N) is 2. The summed E-state index contributed by atoms with van der Waals surface area (Å²) >= 11 is 11.5. The Morgan fingerprint density at radius 3 is 2.65 bits per heavy atom. The second-order valence-electron chi connectivity index (χ2n) is 3.19. The second kappa shape index (κ2) is 5.31. The van der Waals surface area contributed by atoms with Gasteiger partial charge >= 0.3 is 0 Å². The molecule has 0 aliphatic carbocycles. The van der Waals surface area contributed by atoms with Crippen LogP contribution in [-0.2, 0) is 6.61 Å². The molecule has 4 nitrogen and oxygen atoms in total. The van der Waals surface area contributed by atoms with Crippen molar-refractivity contribution in [1.29, 1.82) is 0 Å². The summed E-state index contributed by atoms with van der Waals surface area (Å²) in [5.41, 5.74) is 0.650. The lowest BCUT2D eigenvalue weighted by Gasteiger charge is -2.09. The van der Waals surface area contributed by atoms with Crippen LogP contribution < -0.4 is 4.74 Å². The third-order valence-electron chi connectivity index (χ3n) is 2.05. The second-order valence-corrected chi connectivity index (χ2v) is 3.94. The molecule has 1 aromatic carbocycles. The third kappa shape index (κ3) is 2.85. The zero-order chi connectivity index (χ0) is 12.3. The van der Waals surface area contributed by atoms with Gasteiger partial charge in [-0.15, -0.1) is 10.2 Å². The van der Waals surface area contributed by atoms with E-state index >= 15 is 0 Å². The molecule has 1 N–H and O–H groups in total. The van der Waals surface area contributed by atoms with Crippen LogP contribution in [0.15, 0.2) is 30.3 Å². The van der Waals surface area contributed by atoms with E-state index in [4.69, 9.17) is 33.0 Å². The average molecular weight is 271 g/mol. The van der Waals surface area contributed by atoms with Crippen LogP contribution in [0.4, 0.5) is 0 Å². The van der Waals surface area contributed by atoms with Gasteiger partial charge in [-0.05, 0) is 6.07 Å². The van der Waals surface area contributed by atoms with E-state index in [2.05, 4.69) is 10.2 Å². The van der Waals surface area contributed by atoms with Gasteiger partial charge in [-0.2, -0.15) is 0 Å². The molecular weight excluding hydrogens is 263 g/mol. The molecule has 0 unspecified atom stereocenters. The summed E-state index contributed by atoms with van der Waals surface area (Å²) in [4.78, 5) is 0. The minimum atomic E-state index is -0.125. The normalized spacial score (nSPS) is 10.3. The first kappa shape index (κ1) is 12.1. The van der Waals surface area contributed by atoms with Crippen LogP contribution in [0.3, 0.4) is 0 Å². The van der Waals surface area contributed by atoms with Crippen molar-refractivity contribution >= 4 is 23.2 Å². The Labute approximate surface area is 108 Å². The van der Waals surface area contributed by atoms with Gasteiger partial charge in [0.2, 0.25) is 0 Å². The number of ether oxygens (including phenoxy) is 1. The van der Waals surface area contributed by atoms with Gasteiger partial charge in [0.1, 0.15) is 5.75 Å². The van der Waals surface area contributed by atoms with Gasteiger partial charge < -0.3 is 9.84 Å². The van der Waals surface area contributed by atoms with Gasteiger partial charge in [-0.25, -0.2) is 0 Å². The highest BCUT2D eigenvalue weighted by molar-refractivity contribution is 6.32. The lowest BCUT2D eigenvalue weighted by atomic mass is 10.2. The van der Waals surface area contributed by atoms with Crippen molar-refractivity contribution in [3.63, 3.8) is 0 Å². The molecule has 0 bridgehead atoms. The first-order chi connectivity index (χ1) is 8.20. The highest BCUT2D eigenvalue weighted by Gasteiger charge is 2.09. The smallest absolute Gasteiger partial charge is 0.194 e. The highest BCUT2D eigenvalue weighted by atomic mass is 35.5. The van der Waals surface area contributed by atoms with E-state index in [1.165, 1.54) is 6.07 Å². The van der Waals surface area contributed by atoms with Crippen LogP contribution >= 0.6 is 23.2 Å². The Morgan fingerprint density at radius 1 is 1.12 bits per heavy atom. The van der Waals surface area contributed by atoms with E-state index in [0.29, 0.717) is 17.1 Å². The van der Waals surface area contributed by atoms with Gasteiger partial charge in [0, 0.05) is 11.6 Å². The van der Waals surface area contributed by atoms with Crippen molar-refractivity contribution in [3.05, 3.63) is 46.2 Å². The zero-order valence-corrected chi connectivity index (χ0v) is 10.1. The molecule has 0 saturated heterocycles. The van der Waals surface area contributed by atoms with Crippen molar-refractivity contribution in [2.45, 2.75) is 6.61 Å². The number of halogens is 2. The van der Waals surface area contributed by atoms with Crippen molar-refractivity contribution in [1.82, 2.24) is 10.2 Å². The highest BCUT2D eigenvalue weighted by Crippen LogP contribution is 2.30. The topological polar surface area (TPSA) is 55.2 Å².